The molecule has 5 atom stereocenters. The summed E-state index contributed by atoms with van der Waals surface area (Å²) in [5.41, 5.74) is 6.85. The van der Waals surface area contributed by atoms with Gasteiger partial charge >= 0.3 is 5.97 Å². The minimum absolute atomic E-state index is 0.0349. The van der Waals surface area contributed by atoms with Crippen LogP contribution in [0.4, 0.5) is 0 Å². The Balaban J connectivity index is 3.00. The van der Waals surface area contributed by atoms with Crippen molar-refractivity contribution in [2.24, 2.45) is 17.6 Å². The first kappa shape index (κ1) is 23.6. The molecule has 156 valence electrons. The highest BCUT2D eigenvalue weighted by Crippen LogP contribution is 2.11. The third kappa shape index (κ3) is 6.96. The molecule has 0 spiro atoms. The molecule has 7 nitrogen and oxygen atoms in total. The van der Waals surface area contributed by atoms with Crippen molar-refractivity contribution in [3.63, 3.8) is 0 Å². The molecule has 0 saturated carbocycles. The van der Waals surface area contributed by atoms with E-state index in [2.05, 4.69) is 10.6 Å². The largest absolute Gasteiger partial charge is 0.480 e. The lowest BCUT2D eigenvalue weighted by atomic mass is 9.97. The molecule has 7 heteroatoms. The number of hydrogen-bond acceptors (Lipinski definition) is 4. The van der Waals surface area contributed by atoms with E-state index in [1.165, 1.54) is 0 Å². The number of carbonyl (C=O) groups excluding carboxylic acids is 2. The third-order valence-electron chi connectivity index (χ3n) is 5.25. The molecule has 1 aromatic rings. The smallest absolute Gasteiger partial charge is 0.326 e. The Morgan fingerprint density at radius 1 is 0.964 bits per heavy atom. The molecule has 0 heterocycles. The van der Waals surface area contributed by atoms with Gasteiger partial charge in [-0.05, 0) is 17.4 Å². The number of amides is 2. The van der Waals surface area contributed by atoms with Gasteiger partial charge in [0, 0.05) is 6.42 Å². The average molecular weight is 392 g/mol. The topological polar surface area (TPSA) is 122 Å². The van der Waals surface area contributed by atoms with E-state index in [-0.39, 0.29) is 18.3 Å². The van der Waals surface area contributed by atoms with Crippen LogP contribution in [0.5, 0.6) is 0 Å². The van der Waals surface area contributed by atoms with Crippen molar-refractivity contribution in [3.8, 4) is 0 Å². The number of nitrogens with one attached hydrogen (secondary N) is 2. The molecule has 0 saturated heterocycles. The molecule has 0 fully saturated rings. The second-order valence-electron chi connectivity index (χ2n) is 7.37. The number of benzene rings is 1. The summed E-state index contributed by atoms with van der Waals surface area (Å²) in [6.07, 6.45) is 1.59. The molecule has 2 amide bonds. The maximum Gasteiger partial charge on any atom is 0.326 e. The van der Waals surface area contributed by atoms with Crippen molar-refractivity contribution in [2.75, 3.05) is 0 Å². The molecule has 1 rings (SSSR count). The van der Waals surface area contributed by atoms with Crippen LogP contribution in [0.15, 0.2) is 30.3 Å². The first-order valence-corrected chi connectivity index (χ1v) is 9.84. The first-order valence-electron chi connectivity index (χ1n) is 9.84. The standard InChI is InChI=1S/C21H33N3O4/c1-5-13(3)17(22)20(26)23-16(12-15-10-8-7-9-11-15)19(25)24-18(21(27)28)14(4)6-2/h7-11,13-14,16-18H,5-6,12,22H2,1-4H3,(H,23,26)(H,24,25)(H,27,28)/t13-,14-,16-,17-,18-/m0/s1. The fourth-order valence-electron chi connectivity index (χ4n) is 2.78. The number of carbonyl (C=O) groups is 3. The number of carboxylic acid groups (broad SMARTS) is 1. The Hall–Kier alpha value is -2.41. The Morgan fingerprint density at radius 2 is 1.54 bits per heavy atom. The zero-order valence-electron chi connectivity index (χ0n) is 17.1. The van der Waals surface area contributed by atoms with E-state index in [4.69, 9.17) is 5.73 Å². The molecule has 0 aromatic heterocycles. The maximum absolute atomic E-state index is 12.9. The zero-order chi connectivity index (χ0) is 21.3. The minimum Gasteiger partial charge on any atom is -0.480 e. The summed E-state index contributed by atoms with van der Waals surface area (Å²) < 4.78 is 0. The first-order chi connectivity index (χ1) is 13.2. The normalized spacial score (nSPS) is 16.3. The molecule has 0 aliphatic carbocycles. The fourth-order valence-corrected chi connectivity index (χ4v) is 2.78. The zero-order valence-corrected chi connectivity index (χ0v) is 17.1. The van der Waals surface area contributed by atoms with Crippen LogP contribution in [-0.2, 0) is 20.8 Å². The second-order valence-corrected chi connectivity index (χ2v) is 7.37. The van der Waals surface area contributed by atoms with Crippen LogP contribution in [0.1, 0.15) is 46.1 Å². The molecule has 0 aliphatic rings. The summed E-state index contributed by atoms with van der Waals surface area (Å²) in [6.45, 7) is 7.44. The van der Waals surface area contributed by atoms with Crippen LogP contribution < -0.4 is 16.4 Å². The Morgan fingerprint density at radius 3 is 2.04 bits per heavy atom. The lowest BCUT2D eigenvalue weighted by Crippen LogP contribution is -2.57. The van der Waals surface area contributed by atoms with Gasteiger partial charge in [-0.25, -0.2) is 4.79 Å². The highest BCUT2D eigenvalue weighted by atomic mass is 16.4. The molecule has 0 aliphatic heterocycles. The molecule has 5 N–H and O–H groups in total. The van der Waals surface area contributed by atoms with Crippen LogP contribution in [0.25, 0.3) is 0 Å². The van der Waals surface area contributed by atoms with Gasteiger partial charge in [-0.2, -0.15) is 0 Å². The summed E-state index contributed by atoms with van der Waals surface area (Å²) in [6, 6.07) is 6.59. The fraction of sp³-hybridized carbons (Fsp3) is 0.571. The summed E-state index contributed by atoms with van der Waals surface area (Å²) in [7, 11) is 0. The van der Waals surface area contributed by atoms with Crippen molar-refractivity contribution < 1.29 is 19.5 Å². The van der Waals surface area contributed by atoms with E-state index in [1.807, 2.05) is 51.1 Å². The van der Waals surface area contributed by atoms with Crippen molar-refractivity contribution in [3.05, 3.63) is 35.9 Å². The van der Waals surface area contributed by atoms with Crippen LogP contribution in [0, 0.1) is 11.8 Å². The quantitative estimate of drug-likeness (QED) is 0.457. The Bertz CT molecular complexity index is 650. The van der Waals surface area contributed by atoms with E-state index in [0.29, 0.717) is 6.42 Å². The molecule has 28 heavy (non-hydrogen) atoms. The number of rotatable bonds is 11. The molecule has 0 radical (unpaired) electrons. The van der Waals surface area contributed by atoms with Gasteiger partial charge < -0.3 is 21.5 Å². The van der Waals surface area contributed by atoms with Gasteiger partial charge in [-0.1, -0.05) is 70.9 Å². The number of aliphatic carboxylic acids is 1. The van der Waals surface area contributed by atoms with Crippen LogP contribution in [0.2, 0.25) is 0 Å². The minimum atomic E-state index is -1.09. The van der Waals surface area contributed by atoms with Crippen LogP contribution in [0.3, 0.4) is 0 Å². The van der Waals surface area contributed by atoms with Crippen molar-refractivity contribution in [1.29, 1.82) is 0 Å². The summed E-state index contributed by atoms with van der Waals surface area (Å²) in [5, 5.41) is 14.7. The Kier molecular flexibility index (Phi) is 9.65. The molecular weight excluding hydrogens is 358 g/mol. The van der Waals surface area contributed by atoms with E-state index < -0.39 is 35.9 Å². The van der Waals surface area contributed by atoms with Gasteiger partial charge in [0.25, 0.3) is 0 Å². The predicted octanol–water partition coefficient (Wildman–Crippen LogP) is 1.70. The summed E-state index contributed by atoms with van der Waals surface area (Å²) in [4.78, 5) is 36.9. The SMILES string of the molecule is CC[C@H](C)[C@H](N)C(=O)N[C@@H](Cc1ccccc1)C(=O)N[C@H](C(=O)O)[C@@H](C)CC. The highest BCUT2D eigenvalue weighted by molar-refractivity contribution is 5.92. The molecule has 0 unspecified atom stereocenters. The summed E-state index contributed by atoms with van der Waals surface area (Å²) >= 11 is 0. The van der Waals surface area contributed by atoms with E-state index in [9.17, 15) is 19.5 Å². The lowest BCUT2D eigenvalue weighted by Gasteiger charge is -2.26. The van der Waals surface area contributed by atoms with Crippen LogP contribution >= 0.6 is 0 Å². The predicted molar refractivity (Wildman–Crippen MR) is 109 cm³/mol. The van der Waals surface area contributed by atoms with Crippen molar-refractivity contribution in [2.45, 2.75) is 65.1 Å². The molecule has 1 aromatic carbocycles. The van der Waals surface area contributed by atoms with Gasteiger partial charge in [-0.3, -0.25) is 9.59 Å². The van der Waals surface area contributed by atoms with Gasteiger partial charge in [-0.15, -0.1) is 0 Å². The van der Waals surface area contributed by atoms with Gasteiger partial charge in [0.15, 0.2) is 0 Å². The van der Waals surface area contributed by atoms with Crippen molar-refractivity contribution >= 4 is 17.8 Å². The van der Waals surface area contributed by atoms with Gasteiger partial charge in [0.2, 0.25) is 11.8 Å². The molecule has 0 bridgehead atoms. The number of hydrogen-bond donors (Lipinski definition) is 4. The molecular formula is C21H33N3O4. The lowest BCUT2D eigenvalue weighted by molar-refractivity contribution is -0.143. The average Bonchev–Trinajstić information content (AvgIpc) is 2.69. The van der Waals surface area contributed by atoms with E-state index >= 15 is 0 Å². The highest BCUT2D eigenvalue weighted by Gasteiger charge is 2.31. The van der Waals surface area contributed by atoms with Crippen molar-refractivity contribution in [1.82, 2.24) is 10.6 Å². The van der Waals surface area contributed by atoms with Crippen LogP contribution in [-0.4, -0.2) is 41.0 Å². The number of carboxylic acids is 1. The summed E-state index contributed by atoms with van der Waals surface area (Å²) in [5.74, 6) is -2.31. The number of nitrogens with two attached hydrogens (primary N) is 1. The van der Waals surface area contributed by atoms with E-state index in [0.717, 1.165) is 12.0 Å². The Labute approximate surface area is 167 Å². The monoisotopic (exact) mass is 391 g/mol. The second kappa shape index (κ2) is 11.4. The van der Waals surface area contributed by atoms with E-state index in [1.54, 1.807) is 6.92 Å². The maximum atomic E-state index is 12.9. The van der Waals surface area contributed by atoms with Gasteiger partial charge in [0.1, 0.15) is 12.1 Å². The third-order valence-corrected chi connectivity index (χ3v) is 5.25. The van der Waals surface area contributed by atoms with Gasteiger partial charge in [0.05, 0.1) is 6.04 Å².